The van der Waals surface area contributed by atoms with Crippen LogP contribution >= 0.6 is 0 Å². The summed E-state index contributed by atoms with van der Waals surface area (Å²) in [5, 5.41) is 0. The maximum atomic E-state index is 6.31. The van der Waals surface area contributed by atoms with Crippen LogP contribution in [0.15, 0.2) is 42.5 Å². The van der Waals surface area contributed by atoms with Gasteiger partial charge in [-0.1, -0.05) is 24.3 Å². The van der Waals surface area contributed by atoms with Crippen molar-refractivity contribution in [1.29, 1.82) is 0 Å². The molecule has 112 valence electrons. The third kappa shape index (κ3) is 4.28. The lowest BCUT2D eigenvalue weighted by Gasteiger charge is -2.22. The Labute approximate surface area is 126 Å². The van der Waals surface area contributed by atoms with Crippen LogP contribution in [0.1, 0.15) is 23.0 Å². The fourth-order valence-corrected chi connectivity index (χ4v) is 2.44. The molecule has 2 N–H and O–H groups in total. The molecule has 1 atom stereocenters. The summed E-state index contributed by atoms with van der Waals surface area (Å²) in [5.41, 5.74) is 9.44. The number of para-hydroxylation sites is 1. The molecule has 1 heterocycles. The number of likely N-dealkylation sites (N-methyl/N-ethyl adjacent to an activating group) is 1. The van der Waals surface area contributed by atoms with Crippen LogP contribution in [0, 0.1) is 6.92 Å². The van der Waals surface area contributed by atoms with Gasteiger partial charge in [-0.3, -0.25) is 9.88 Å². The van der Waals surface area contributed by atoms with Gasteiger partial charge in [-0.15, -0.1) is 0 Å². The van der Waals surface area contributed by atoms with Crippen LogP contribution in [-0.2, 0) is 6.54 Å². The number of pyridine rings is 1. The van der Waals surface area contributed by atoms with E-state index in [-0.39, 0.29) is 6.04 Å². The predicted molar refractivity (Wildman–Crippen MR) is 85.2 cm³/mol. The summed E-state index contributed by atoms with van der Waals surface area (Å²) >= 11 is 0. The Balaban J connectivity index is 2.00. The zero-order valence-electron chi connectivity index (χ0n) is 12.9. The molecule has 0 spiro atoms. The second-order valence-corrected chi connectivity index (χ2v) is 5.32. The smallest absolute Gasteiger partial charge is 0.123 e. The van der Waals surface area contributed by atoms with Crippen LogP contribution in [0.4, 0.5) is 0 Å². The Bertz CT molecular complexity index is 586. The molecular weight excluding hydrogens is 262 g/mol. The molecule has 0 saturated carbocycles. The lowest BCUT2D eigenvalue weighted by Crippen LogP contribution is -2.29. The van der Waals surface area contributed by atoms with Crippen molar-refractivity contribution in [1.82, 2.24) is 9.88 Å². The summed E-state index contributed by atoms with van der Waals surface area (Å²) < 4.78 is 5.37. The quantitative estimate of drug-likeness (QED) is 0.886. The van der Waals surface area contributed by atoms with Crippen LogP contribution in [-0.4, -0.2) is 30.6 Å². The minimum Gasteiger partial charge on any atom is -0.496 e. The van der Waals surface area contributed by atoms with Gasteiger partial charge < -0.3 is 10.5 Å². The SMILES string of the molecule is COc1ccccc1C(N)CN(C)Cc1cccc(C)n1. The molecule has 0 aliphatic rings. The first kappa shape index (κ1) is 15.5. The Morgan fingerprint density at radius 2 is 1.95 bits per heavy atom. The van der Waals surface area contributed by atoms with Gasteiger partial charge in [0.15, 0.2) is 0 Å². The average molecular weight is 285 g/mol. The van der Waals surface area contributed by atoms with E-state index in [1.54, 1.807) is 7.11 Å². The summed E-state index contributed by atoms with van der Waals surface area (Å²) in [6.45, 7) is 3.53. The fourth-order valence-electron chi connectivity index (χ4n) is 2.44. The van der Waals surface area contributed by atoms with E-state index < -0.39 is 0 Å². The predicted octanol–water partition coefficient (Wildman–Crippen LogP) is 2.53. The van der Waals surface area contributed by atoms with Gasteiger partial charge in [0, 0.05) is 30.4 Å². The van der Waals surface area contributed by atoms with Crippen LogP contribution in [0.2, 0.25) is 0 Å². The van der Waals surface area contributed by atoms with Crippen molar-refractivity contribution in [3.63, 3.8) is 0 Å². The highest BCUT2D eigenvalue weighted by Crippen LogP contribution is 2.23. The number of aromatic nitrogens is 1. The molecule has 0 fully saturated rings. The van der Waals surface area contributed by atoms with Gasteiger partial charge in [-0.05, 0) is 32.2 Å². The van der Waals surface area contributed by atoms with E-state index >= 15 is 0 Å². The number of methoxy groups -OCH3 is 1. The zero-order valence-corrected chi connectivity index (χ0v) is 12.9. The Morgan fingerprint density at radius 3 is 2.67 bits per heavy atom. The van der Waals surface area contributed by atoms with Crippen LogP contribution in [0.5, 0.6) is 5.75 Å². The third-order valence-electron chi connectivity index (χ3n) is 3.42. The Kier molecular flexibility index (Phi) is 5.31. The first-order valence-electron chi connectivity index (χ1n) is 7.09. The summed E-state index contributed by atoms with van der Waals surface area (Å²) in [4.78, 5) is 6.70. The summed E-state index contributed by atoms with van der Waals surface area (Å²) in [6.07, 6.45) is 0. The normalized spacial score (nSPS) is 12.4. The van der Waals surface area contributed by atoms with E-state index in [0.29, 0.717) is 0 Å². The molecule has 2 aromatic rings. The third-order valence-corrected chi connectivity index (χ3v) is 3.42. The number of hydrogen-bond acceptors (Lipinski definition) is 4. The molecular formula is C17H23N3O. The van der Waals surface area contributed by atoms with Crippen LogP contribution in [0.3, 0.4) is 0 Å². The highest BCUT2D eigenvalue weighted by Gasteiger charge is 2.14. The van der Waals surface area contributed by atoms with Crippen molar-refractivity contribution in [2.45, 2.75) is 19.5 Å². The Morgan fingerprint density at radius 1 is 1.19 bits per heavy atom. The highest BCUT2D eigenvalue weighted by atomic mass is 16.5. The number of aryl methyl sites for hydroxylation is 1. The monoisotopic (exact) mass is 285 g/mol. The number of nitrogens with zero attached hydrogens (tertiary/aromatic N) is 2. The van der Waals surface area contributed by atoms with E-state index in [1.807, 2.05) is 49.4 Å². The molecule has 1 aromatic heterocycles. The van der Waals surface area contributed by atoms with Crippen molar-refractivity contribution < 1.29 is 4.74 Å². The molecule has 4 heteroatoms. The molecule has 2 rings (SSSR count). The van der Waals surface area contributed by atoms with Crippen molar-refractivity contribution in [2.75, 3.05) is 20.7 Å². The molecule has 0 bridgehead atoms. The molecule has 21 heavy (non-hydrogen) atoms. The van der Waals surface area contributed by atoms with E-state index in [9.17, 15) is 0 Å². The molecule has 0 amide bonds. The maximum absolute atomic E-state index is 6.31. The minimum atomic E-state index is -0.0871. The zero-order chi connectivity index (χ0) is 15.2. The van der Waals surface area contributed by atoms with E-state index in [0.717, 1.165) is 35.8 Å². The topological polar surface area (TPSA) is 51.4 Å². The number of benzene rings is 1. The van der Waals surface area contributed by atoms with Crippen molar-refractivity contribution in [2.24, 2.45) is 5.73 Å². The fraction of sp³-hybridized carbons (Fsp3) is 0.353. The lowest BCUT2D eigenvalue weighted by atomic mass is 10.1. The van der Waals surface area contributed by atoms with Crippen LogP contribution < -0.4 is 10.5 Å². The van der Waals surface area contributed by atoms with E-state index in [2.05, 4.69) is 16.9 Å². The number of rotatable bonds is 6. The van der Waals surface area contributed by atoms with Crippen molar-refractivity contribution in [3.8, 4) is 5.75 Å². The second-order valence-electron chi connectivity index (χ2n) is 5.32. The standard InChI is InChI=1S/C17H23N3O/c1-13-7-6-8-14(19-13)11-20(2)12-16(18)15-9-4-5-10-17(15)21-3/h4-10,16H,11-12,18H2,1-3H3. The molecule has 1 unspecified atom stereocenters. The van der Waals surface area contributed by atoms with Gasteiger partial charge in [0.2, 0.25) is 0 Å². The molecule has 0 aliphatic heterocycles. The molecule has 0 radical (unpaired) electrons. The lowest BCUT2D eigenvalue weighted by molar-refractivity contribution is 0.298. The Hall–Kier alpha value is -1.91. The van der Waals surface area contributed by atoms with E-state index in [1.165, 1.54) is 0 Å². The van der Waals surface area contributed by atoms with Gasteiger partial charge in [0.1, 0.15) is 5.75 Å². The van der Waals surface area contributed by atoms with Gasteiger partial charge in [0.05, 0.1) is 12.8 Å². The van der Waals surface area contributed by atoms with Crippen molar-refractivity contribution >= 4 is 0 Å². The summed E-state index contributed by atoms with van der Waals surface area (Å²) in [5.74, 6) is 0.840. The molecule has 4 nitrogen and oxygen atoms in total. The highest BCUT2D eigenvalue weighted by molar-refractivity contribution is 5.35. The first-order valence-corrected chi connectivity index (χ1v) is 7.09. The first-order chi connectivity index (χ1) is 10.1. The second kappa shape index (κ2) is 7.20. The largest absolute Gasteiger partial charge is 0.496 e. The molecule has 1 aromatic carbocycles. The summed E-state index contributed by atoms with van der Waals surface area (Å²) in [7, 11) is 3.73. The number of nitrogens with two attached hydrogens (primary N) is 1. The molecule has 0 aliphatic carbocycles. The van der Waals surface area contributed by atoms with E-state index in [4.69, 9.17) is 10.5 Å². The van der Waals surface area contributed by atoms with Crippen LogP contribution in [0.25, 0.3) is 0 Å². The molecule has 0 saturated heterocycles. The van der Waals surface area contributed by atoms with Gasteiger partial charge in [-0.2, -0.15) is 0 Å². The number of ether oxygens (including phenoxy) is 1. The van der Waals surface area contributed by atoms with Gasteiger partial charge >= 0.3 is 0 Å². The minimum absolute atomic E-state index is 0.0871. The van der Waals surface area contributed by atoms with Gasteiger partial charge in [-0.25, -0.2) is 0 Å². The maximum Gasteiger partial charge on any atom is 0.123 e. The summed E-state index contributed by atoms with van der Waals surface area (Å²) in [6, 6.07) is 13.9. The average Bonchev–Trinajstić information content (AvgIpc) is 2.47. The van der Waals surface area contributed by atoms with Gasteiger partial charge in [0.25, 0.3) is 0 Å². The number of hydrogen-bond donors (Lipinski definition) is 1. The van der Waals surface area contributed by atoms with Crippen molar-refractivity contribution in [3.05, 3.63) is 59.4 Å².